The van der Waals surface area contributed by atoms with Gasteiger partial charge < -0.3 is 5.11 Å². The second-order valence-corrected chi connectivity index (χ2v) is 6.16. The van der Waals surface area contributed by atoms with E-state index in [2.05, 4.69) is 6.92 Å². The maximum absolute atomic E-state index is 11.3. The maximum atomic E-state index is 11.3. The molecule has 0 bridgehead atoms. The van der Waals surface area contributed by atoms with E-state index in [0.29, 0.717) is 6.42 Å². The van der Waals surface area contributed by atoms with E-state index in [1.165, 1.54) is 19.3 Å². The van der Waals surface area contributed by atoms with Gasteiger partial charge in [-0.2, -0.15) is 8.42 Å². The molecule has 0 aromatic heterocycles. The molecule has 0 saturated carbocycles. The van der Waals surface area contributed by atoms with Crippen molar-refractivity contribution < 1.29 is 22.9 Å². The molecule has 0 fully saturated rings. The lowest BCUT2D eigenvalue weighted by atomic mass is 10.1. The molecule has 0 aliphatic heterocycles. The second kappa shape index (κ2) is 9.47. The summed E-state index contributed by atoms with van der Waals surface area (Å²) in [7, 11) is -4.51. The molecule has 108 valence electrons. The first kappa shape index (κ1) is 17.5. The number of carbonyl (C=O) groups excluding carboxylic acids is 1. The molecule has 0 aromatic carbocycles. The first-order valence-electron chi connectivity index (χ1n) is 6.54. The van der Waals surface area contributed by atoms with E-state index in [-0.39, 0.29) is 12.2 Å². The summed E-state index contributed by atoms with van der Waals surface area (Å²) in [6, 6.07) is 0. The average molecular weight is 280 g/mol. The fraction of sp³-hybridized carbons (Fsp3) is 0.917. The Morgan fingerprint density at radius 3 is 2.06 bits per heavy atom. The smallest absolute Gasteiger partial charge is 0.292 e. The van der Waals surface area contributed by atoms with Crippen LogP contribution in [-0.2, 0) is 14.9 Å². The molecule has 6 heteroatoms. The molecule has 0 aromatic rings. The van der Waals surface area contributed by atoms with Gasteiger partial charge >= 0.3 is 0 Å². The third-order valence-electron chi connectivity index (χ3n) is 2.81. The summed E-state index contributed by atoms with van der Waals surface area (Å²) in [4.78, 5) is 11.3. The minimum absolute atomic E-state index is 0.264. The highest BCUT2D eigenvalue weighted by molar-refractivity contribution is 7.86. The zero-order valence-electron chi connectivity index (χ0n) is 11.0. The molecule has 0 rings (SSSR count). The van der Waals surface area contributed by atoms with Crippen molar-refractivity contribution >= 4 is 15.9 Å². The lowest BCUT2D eigenvalue weighted by Crippen LogP contribution is -2.23. The molecule has 0 radical (unpaired) electrons. The molecular weight excluding hydrogens is 256 g/mol. The van der Waals surface area contributed by atoms with Crippen molar-refractivity contribution in [1.82, 2.24) is 0 Å². The van der Waals surface area contributed by atoms with Gasteiger partial charge in [0.2, 0.25) is 0 Å². The van der Waals surface area contributed by atoms with Crippen LogP contribution in [0.1, 0.15) is 64.7 Å². The van der Waals surface area contributed by atoms with Crippen molar-refractivity contribution in [2.45, 2.75) is 70.1 Å². The highest BCUT2D eigenvalue weighted by atomic mass is 32.2. The molecule has 0 amide bonds. The van der Waals surface area contributed by atoms with Crippen LogP contribution in [0.3, 0.4) is 0 Å². The van der Waals surface area contributed by atoms with Crippen molar-refractivity contribution in [2.24, 2.45) is 0 Å². The molecule has 0 aliphatic rings. The van der Waals surface area contributed by atoms with E-state index in [9.17, 15) is 13.2 Å². The van der Waals surface area contributed by atoms with Gasteiger partial charge in [-0.25, -0.2) is 0 Å². The Kier molecular flexibility index (Phi) is 9.23. The van der Waals surface area contributed by atoms with Crippen molar-refractivity contribution in [3.8, 4) is 0 Å². The van der Waals surface area contributed by atoms with Gasteiger partial charge in [0.1, 0.15) is 5.78 Å². The second-order valence-electron chi connectivity index (χ2n) is 4.58. The summed E-state index contributed by atoms with van der Waals surface area (Å²) in [6.07, 6.45) is 7.29. The van der Waals surface area contributed by atoms with Gasteiger partial charge in [-0.15, -0.1) is 0 Å². The number of carbonyl (C=O) groups is 1. The number of ketones is 1. The highest BCUT2D eigenvalue weighted by Gasteiger charge is 2.22. The molecule has 0 heterocycles. The van der Waals surface area contributed by atoms with Crippen molar-refractivity contribution in [1.29, 1.82) is 0 Å². The van der Waals surface area contributed by atoms with Crippen LogP contribution in [0.25, 0.3) is 0 Å². The molecule has 0 spiro atoms. The molecule has 5 nitrogen and oxygen atoms in total. The third kappa shape index (κ3) is 9.56. The minimum atomic E-state index is -4.51. The number of rotatable bonds is 11. The molecule has 18 heavy (non-hydrogen) atoms. The standard InChI is InChI=1S/C12H24O5S/c1-2-3-4-5-6-7-8-9-11(13)10-12(14)18(15,16)17/h12,14H,2-10H2,1H3,(H,15,16,17)/t12-/m0/s1. The lowest BCUT2D eigenvalue weighted by Gasteiger charge is -2.06. The quantitative estimate of drug-likeness (QED) is 0.447. The van der Waals surface area contributed by atoms with Crippen LogP contribution < -0.4 is 0 Å². The summed E-state index contributed by atoms with van der Waals surface area (Å²) >= 11 is 0. The Hall–Kier alpha value is -0.460. The fourth-order valence-electron chi connectivity index (χ4n) is 1.68. The van der Waals surface area contributed by atoms with E-state index >= 15 is 0 Å². The normalized spacial score (nSPS) is 13.5. The highest BCUT2D eigenvalue weighted by Crippen LogP contribution is 2.10. The number of aliphatic hydroxyl groups is 1. The predicted molar refractivity (Wildman–Crippen MR) is 69.8 cm³/mol. The van der Waals surface area contributed by atoms with Crippen LogP contribution in [0.5, 0.6) is 0 Å². The van der Waals surface area contributed by atoms with E-state index < -0.39 is 22.0 Å². The summed E-state index contributed by atoms with van der Waals surface area (Å²) in [5.74, 6) is -0.325. The number of Topliss-reactive ketones (excluding diaryl/α,β-unsaturated/α-hetero) is 1. The molecule has 0 saturated heterocycles. The Labute approximate surface area is 109 Å². The summed E-state index contributed by atoms with van der Waals surface area (Å²) in [5.41, 5.74) is -1.98. The summed E-state index contributed by atoms with van der Waals surface area (Å²) in [6.45, 7) is 2.15. The van der Waals surface area contributed by atoms with E-state index in [0.717, 1.165) is 19.3 Å². The lowest BCUT2D eigenvalue weighted by molar-refractivity contribution is -0.120. The van der Waals surface area contributed by atoms with Crippen molar-refractivity contribution in [3.63, 3.8) is 0 Å². The van der Waals surface area contributed by atoms with Gasteiger partial charge in [0.05, 0.1) is 0 Å². The topological polar surface area (TPSA) is 91.7 Å². The van der Waals surface area contributed by atoms with Gasteiger partial charge in [-0.05, 0) is 6.42 Å². The first-order valence-corrected chi connectivity index (χ1v) is 8.04. The molecular formula is C12H24O5S. The molecule has 0 unspecified atom stereocenters. The average Bonchev–Trinajstić information content (AvgIpc) is 2.26. The van der Waals surface area contributed by atoms with Crippen LogP contribution in [0.15, 0.2) is 0 Å². The summed E-state index contributed by atoms with van der Waals surface area (Å²) < 4.78 is 29.5. The Bertz CT molecular complexity index is 323. The summed E-state index contributed by atoms with van der Waals surface area (Å²) in [5, 5.41) is 9.00. The van der Waals surface area contributed by atoms with Gasteiger partial charge in [0, 0.05) is 12.8 Å². The van der Waals surface area contributed by atoms with Crippen LogP contribution in [0.2, 0.25) is 0 Å². The minimum Gasteiger partial charge on any atom is -0.375 e. The van der Waals surface area contributed by atoms with Crippen LogP contribution >= 0.6 is 0 Å². The molecule has 2 N–H and O–H groups in total. The zero-order chi connectivity index (χ0) is 14.0. The van der Waals surface area contributed by atoms with Crippen LogP contribution in [0, 0.1) is 0 Å². The van der Waals surface area contributed by atoms with E-state index in [1.807, 2.05) is 0 Å². The number of hydrogen-bond acceptors (Lipinski definition) is 4. The number of aliphatic hydroxyl groups excluding tert-OH is 1. The van der Waals surface area contributed by atoms with Gasteiger partial charge in [0.25, 0.3) is 10.1 Å². The fourth-order valence-corrected chi connectivity index (χ4v) is 2.08. The zero-order valence-corrected chi connectivity index (χ0v) is 11.8. The van der Waals surface area contributed by atoms with Gasteiger partial charge in [-0.1, -0.05) is 45.4 Å². The Balaban J connectivity index is 3.54. The largest absolute Gasteiger partial charge is 0.375 e. The van der Waals surface area contributed by atoms with Crippen LogP contribution in [0.4, 0.5) is 0 Å². The molecule has 0 aliphatic carbocycles. The van der Waals surface area contributed by atoms with Crippen molar-refractivity contribution in [3.05, 3.63) is 0 Å². The predicted octanol–water partition coefficient (Wildman–Crippen LogP) is 2.29. The van der Waals surface area contributed by atoms with E-state index in [4.69, 9.17) is 9.66 Å². The Morgan fingerprint density at radius 2 is 1.56 bits per heavy atom. The number of unbranched alkanes of at least 4 members (excludes halogenated alkanes) is 6. The molecule has 1 atom stereocenters. The van der Waals surface area contributed by atoms with Crippen LogP contribution in [-0.4, -0.2) is 29.3 Å². The number of hydrogen-bond donors (Lipinski definition) is 2. The van der Waals surface area contributed by atoms with Gasteiger partial charge in [0.15, 0.2) is 5.44 Å². The van der Waals surface area contributed by atoms with Gasteiger partial charge in [-0.3, -0.25) is 9.35 Å². The Morgan fingerprint density at radius 1 is 1.06 bits per heavy atom. The first-order chi connectivity index (χ1) is 8.38. The van der Waals surface area contributed by atoms with E-state index in [1.54, 1.807) is 0 Å². The maximum Gasteiger partial charge on any atom is 0.292 e. The monoisotopic (exact) mass is 280 g/mol. The third-order valence-corrected chi connectivity index (χ3v) is 3.66. The SMILES string of the molecule is CCCCCCCCCC(=O)C[C@@H](O)S(=O)(=O)O. The van der Waals surface area contributed by atoms with Crippen molar-refractivity contribution in [2.75, 3.05) is 0 Å².